The lowest BCUT2D eigenvalue weighted by atomic mass is 10.2. The van der Waals surface area contributed by atoms with Gasteiger partial charge < -0.3 is 5.32 Å². The zero-order valence-corrected chi connectivity index (χ0v) is 12.5. The van der Waals surface area contributed by atoms with Crippen LogP contribution in [0, 0.1) is 6.92 Å². The minimum absolute atomic E-state index is 0.219. The summed E-state index contributed by atoms with van der Waals surface area (Å²) in [6.07, 6.45) is 3.58. The van der Waals surface area contributed by atoms with Crippen LogP contribution in [0.5, 0.6) is 0 Å². The highest BCUT2D eigenvalue weighted by Gasteiger charge is 2.35. The normalized spacial score (nSPS) is 23.7. The molecule has 0 radical (unpaired) electrons. The SMILES string of the molecule is CCCNC1CCC(S(=O)(=O)c2ccccc2C)C1. The van der Waals surface area contributed by atoms with E-state index in [4.69, 9.17) is 0 Å². The Morgan fingerprint density at radius 1 is 1.26 bits per heavy atom. The lowest BCUT2D eigenvalue weighted by Gasteiger charge is -2.15. The van der Waals surface area contributed by atoms with E-state index in [9.17, 15) is 8.42 Å². The van der Waals surface area contributed by atoms with Crippen LogP contribution in [-0.2, 0) is 9.84 Å². The van der Waals surface area contributed by atoms with Gasteiger partial charge in [0.05, 0.1) is 10.1 Å². The first-order valence-electron chi connectivity index (χ1n) is 7.08. The number of hydrogen-bond acceptors (Lipinski definition) is 3. The highest BCUT2D eigenvalue weighted by molar-refractivity contribution is 7.92. The molecule has 106 valence electrons. The molecule has 0 heterocycles. The van der Waals surface area contributed by atoms with E-state index in [-0.39, 0.29) is 5.25 Å². The molecule has 0 aromatic heterocycles. The summed E-state index contributed by atoms with van der Waals surface area (Å²) in [7, 11) is -3.17. The van der Waals surface area contributed by atoms with Gasteiger partial charge in [0.25, 0.3) is 0 Å². The Morgan fingerprint density at radius 2 is 2.00 bits per heavy atom. The molecular weight excluding hydrogens is 258 g/mol. The second-order valence-electron chi connectivity index (χ2n) is 5.40. The molecule has 1 N–H and O–H groups in total. The van der Waals surface area contributed by atoms with Gasteiger partial charge >= 0.3 is 0 Å². The van der Waals surface area contributed by atoms with Crippen LogP contribution in [0.15, 0.2) is 29.2 Å². The first-order chi connectivity index (χ1) is 9.05. The molecule has 2 atom stereocenters. The van der Waals surface area contributed by atoms with Crippen molar-refractivity contribution < 1.29 is 8.42 Å². The van der Waals surface area contributed by atoms with E-state index in [2.05, 4.69) is 12.2 Å². The van der Waals surface area contributed by atoms with Crippen LogP contribution in [0.3, 0.4) is 0 Å². The van der Waals surface area contributed by atoms with Crippen molar-refractivity contribution in [3.63, 3.8) is 0 Å². The van der Waals surface area contributed by atoms with E-state index >= 15 is 0 Å². The first kappa shape index (κ1) is 14.5. The number of aryl methyl sites for hydroxylation is 1. The van der Waals surface area contributed by atoms with Gasteiger partial charge in [0.15, 0.2) is 9.84 Å². The van der Waals surface area contributed by atoms with Gasteiger partial charge in [-0.3, -0.25) is 0 Å². The molecule has 1 saturated carbocycles. The maximum atomic E-state index is 12.6. The van der Waals surface area contributed by atoms with Crippen molar-refractivity contribution in [3.8, 4) is 0 Å². The monoisotopic (exact) mass is 281 g/mol. The molecule has 4 heteroatoms. The molecule has 1 aliphatic rings. The number of hydrogen-bond donors (Lipinski definition) is 1. The summed E-state index contributed by atoms with van der Waals surface area (Å²) in [4.78, 5) is 0.510. The third kappa shape index (κ3) is 3.18. The summed E-state index contributed by atoms with van der Waals surface area (Å²) in [6, 6.07) is 7.66. The minimum Gasteiger partial charge on any atom is -0.314 e. The molecule has 19 heavy (non-hydrogen) atoms. The van der Waals surface area contributed by atoms with E-state index in [1.165, 1.54) is 0 Å². The Balaban J connectivity index is 2.12. The van der Waals surface area contributed by atoms with E-state index in [0.717, 1.165) is 37.8 Å². The standard InChI is InChI=1S/C15H23NO2S/c1-3-10-16-13-8-9-14(11-13)19(17,18)15-7-5-4-6-12(15)2/h4-7,13-14,16H,3,8-11H2,1-2H3. The van der Waals surface area contributed by atoms with Crippen LogP contribution >= 0.6 is 0 Å². The van der Waals surface area contributed by atoms with Gasteiger partial charge in [-0.1, -0.05) is 25.1 Å². The van der Waals surface area contributed by atoms with Gasteiger partial charge in [-0.25, -0.2) is 8.42 Å². The fraction of sp³-hybridized carbons (Fsp3) is 0.600. The van der Waals surface area contributed by atoms with Gasteiger partial charge in [-0.15, -0.1) is 0 Å². The summed E-state index contributed by atoms with van der Waals surface area (Å²) in [5.41, 5.74) is 0.854. The lowest BCUT2D eigenvalue weighted by Crippen LogP contribution is -2.29. The molecule has 0 bridgehead atoms. The summed E-state index contributed by atoms with van der Waals surface area (Å²) >= 11 is 0. The van der Waals surface area contributed by atoms with Crippen molar-refractivity contribution in [2.45, 2.75) is 55.7 Å². The van der Waals surface area contributed by atoms with Crippen LogP contribution in [0.2, 0.25) is 0 Å². The molecule has 2 rings (SSSR count). The third-order valence-corrected chi connectivity index (χ3v) is 6.28. The summed E-state index contributed by atoms with van der Waals surface area (Å²) in [6.45, 7) is 4.97. The smallest absolute Gasteiger partial charge is 0.181 e. The van der Waals surface area contributed by atoms with Crippen molar-refractivity contribution in [2.24, 2.45) is 0 Å². The van der Waals surface area contributed by atoms with Gasteiger partial charge in [0, 0.05) is 6.04 Å². The molecular formula is C15H23NO2S. The summed E-state index contributed by atoms with van der Waals surface area (Å²) < 4.78 is 25.3. The molecule has 1 aliphatic carbocycles. The second kappa shape index (κ2) is 6.06. The van der Waals surface area contributed by atoms with Crippen molar-refractivity contribution in [1.82, 2.24) is 5.32 Å². The van der Waals surface area contributed by atoms with Crippen molar-refractivity contribution in [3.05, 3.63) is 29.8 Å². The van der Waals surface area contributed by atoms with Crippen LogP contribution in [-0.4, -0.2) is 26.3 Å². The molecule has 0 amide bonds. The largest absolute Gasteiger partial charge is 0.314 e. The summed E-state index contributed by atoms with van der Waals surface area (Å²) in [5.74, 6) is 0. The van der Waals surface area contributed by atoms with Gasteiger partial charge in [0.2, 0.25) is 0 Å². The fourth-order valence-corrected chi connectivity index (χ4v) is 4.89. The Hall–Kier alpha value is -0.870. The molecule has 2 unspecified atom stereocenters. The van der Waals surface area contributed by atoms with Crippen molar-refractivity contribution in [1.29, 1.82) is 0 Å². The first-order valence-corrected chi connectivity index (χ1v) is 8.63. The van der Waals surface area contributed by atoms with E-state index in [1.54, 1.807) is 6.07 Å². The Morgan fingerprint density at radius 3 is 2.68 bits per heavy atom. The number of sulfone groups is 1. The Labute approximate surface area is 116 Å². The quantitative estimate of drug-likeness (QED) is 0.902. The fourth-order valence-electron chi connectivity index (χ4n) is 2.81. The average molecular weight is 281 g/mol. The van der Waals surface area contributed by atoms with E-state index < -0.39 is 9.84 Å². The predicted molar refractivity (Wildman–Crippen MR) is 78.1 cm³/mol. The topological polar surface area (TPSA) is 46.2 Å². The van der Waals surface area contributed by atoms with E-state index in [1.807, 2.05) is 25.1 Å². The molecule has 0 saturated heterocycles. The molecule has 3 nitrogen and oxygen atoms in total. The predicted octanol–water partition coefficient (Wildman–Crippen LogP) is 2.69. The minimum atomic E-state index is -3.17. The third-order valence-electron chi connectivity index (χ3n) is 3.91. The molecule has 1 fully saturated rings. The highest BCUT2D eigenvalue weighted by Crippen LogP contribution is 2.31. The zero-order chi connectivity index (χ0) is 13.9. The second-order valence-corrected chi connectivity index (χ2v) is 7.59. The number of rotatable bonds is 5. The Bertz CT molecular complexity index is 525. The summed E-state index contributed by atoms with van der Waals surface area (Å²) in [5, 5.41) is 3.22. The van der Waals surface area contributed by atoms with Crippen LogP contribution in [0.1, 0.15) is 38.2 Å². The molecule has 0 spiro atoms. The maximum absolute atomic E-state index is 12.6. The van der Waals surface area contributed by atoms with Crippen LogP contribution in [0.25, 0.3) is 0 Å². The van der Waals surface area contributed by atoms with E-state index in [0.29, 0.717) is 10.9 Å². The zero-order valence-electron chi connectivity index (χ0n) is 11.7. The highest BCUT2D eigenvalue weighted by atomic mass is 32.2. The Kier molecular flexibility index (Phi) is 4.63. The molecule has 1 aromatic carbocycles. The van der Waals surface area contributed by atoms with Gasteiger partial charge in [-0.2, -0.15) is 0 Å². The van der Waals surface area contributed by atoms with Crippen LogP contribution < -0.4 is 5.32 Å². The van der Waals surface area contributed by atoms with Gasteiger partial charge in [0.1, 0.15) is 0 Å². The lowest BCUT2D eigenvalue weighted by molar-refractivity contribution is 0.520. The van der Waals surface area contributed by atoms with Gasteiger partial charge in [-0.05, 0) is 50.8 Å². The average Bonchev–Trinajstić information content (AvgIpc) is 2.86. The molecule has 0 aliphatic heterocycles. The maximum Gasteiger partial charge on any atom is 0.181 e. The van der Waals surface area contributed by atoms with Crippen molar-refractivity contribution in [2.75, 3.05) is 6.54 Å². The molecule has 1 aromatic rings. The number of nitrogens with one attached hydrogen (secondary N) is 1. The van der Waals surface area contributed by atoms with Crippen LogP contribution in [0.4, 0.5) is 0 Å². The number of benzene rings is 1. The van der Waals surface area contributed by atoms with Crippen molar-refractivity contribution >= 4 is 9.84 Å².